The minimum atomic E-state index is -5.89. The lowest BCUT2D eigenvalue weighted by atomic mass is 9.50. The summed E-state index contributed by atoms with van der Waals surface area (Å²) in [6, 6.07) is 14.9. The van der Waals surface area contributed by atoms with E-state index in [-0.39, 0.29) is 37.1 Å². The molecule has 2 saturated carbocycles. The van der Waals surface area contributed by atoms with Crippen LogP contribution in [0.1, 0.15) is 88.2 Å². The van der Waals surface area contributed by atoms with Crippen molar-refractivity contribution in [3.05, 3.63) is 88.5 Å². The molecule has 6 nitrogen and oxygen atoms in total. The van der Waals surface area contributed by atoms with Crippen LogP contribution in [-0.4, -0.2) is 54.3 Å². The van der Waals surface area contributed by atoms with Crippen LogP contribution in [0.4, 0.5) is 38.1 Å². The lowest BCUT2D eigenvalue weighted by Crippen LogP contribution is -2.65. The maximum atomic E-state index is 15.3. The number of hydrogen-bond acceptors (Lipinski definition) is 4. The smallest absolute Gasteiger partial charge is 0.383 e. The van der Waals surface area contributed by atoms with Crippen molar-refractivity contribution in [2.45, 2.75) is 94.7 Å². The molecule has 2 aromatic carbocycles. The number of piperidine rings is 1. The number of fused-ring (bicyclic) bond motifs is 4. The van der Waals surface area contributed by atoms with E-state index in [0.29, 0.717) is 31.4 Å². The fraction of sp³-hybridized carbons (Fsp3) is 0.512. The van der Waals surface area contributed by atoms with Gasteiger partial charge in [0.25, 0.3) is 0 Å². The molecule has 0 unspecified atom stereocenters. The third kappa shape index (κ3) is 6.37. The molecule has 11 heteroatoms. The van der Waals surface area contributed by atoms with Gasteiger partial charge in [0.05, 0.1) is 0 Å². The zero-order valence-corrected chi connectivity index (χ0v) is 29.4. The summed E-state index contributed by atoms with van der Waals surface area (Å²) in [4.78, 5) is 27.2. The number of aliphatic hydroxyl groups is 1. The van der Waals surface area contributed by atoms with Crippen LogP contribution in [-0.2, 0) is 4.79 Å². The van der Waals surface area contributed by atoms with E-state index in [9.17, 15) is 27.9 Å². The molecule has 5 aliphatic rings. The molecular formula is C41H46F5N3O3. The molecule has 1 heterocycles. The first-order valence-corrected chi connectivity index (χ1v) is 18.5. The molecule has 2 aromatic rings. The quantitative estimate of drug-likeness (QED) is 0.249. The van der Waals surface area contributed by atoms with Crippen LogP contribution < -0.4 is 15.5 Å². The van der Waals surface area contributed by atoms with Crippen molar-refractivity contribution in [2.75, 3.05) is 29.9 Å². The van der Waals surface area contributed by atoms with E-state index in [2.05, 4.69) is 15.5 Å². The highest BCUT2D eigenvalue weighted by Crippen LogP contribution is 2.70. The Hall–Kier alpha value is -3.99. The van der Waals surface area contributed by atoms with Gasteiger partial charge in [0.2, 0.25) is 0 Å². The minimum absolute atomic E-state index is 0.0417. The van der Waals surface area contributed by atoms with Crippen LogP contribution >= 0.6 is 0 Å². The van der Waals surface area contributed by atoms with Crippen LogP contribution in [0.5, 0.6) is 0 Å². The summed E-state index contributed by atoms with van der Waals surface area (Å²) >= 11 is 0. The van der Waals surface area contributed by atoms with E-state index in [1.54, 1.807) is 12.2 Å². The molecule has 0 radical (unpaired) electrons. The summed E-state index contributed by atoms with van der Waals surface area (Å²) in [5.74, 6) is -6.54. The molecule has 0 bridgehead atoms. The third-order valence-corrected chi connectivity index (χ3v) is 12.6. The summed E-state index contributed by atoms with van der Waals surface area (Å²) in [6.07, 6.45) is 4.39. The first-order chi connectivity index (χ1) is 24.7. The largest absolute Gasteiger partial charge is 0.456 e. The van der Waals surface area contributed by atoms with Crippen LogP contribution in [0.2, 0.25) is 0 Å². The summed E-state index contributed by atoms with van der Waals surface area (Å²) in [6.45, 7) is 3.78. The molecule has 1 saturated heterocycles. The van der Waals surface area contributed by atoms with Gasteiger partial charge in [0, 0.05) is 48.8 Å². The van der Waals surface area contributed by atoms with E-state index >= 15 is 8.78 Å². The van der Waals surface area contributed by atoms with Crippen molar-refractivity contribution < 1.29 is 36.6 Å². The van der Waals surface area contributed by atoms with Gasteiger partial charge in [-0.2, -0.15) is 22.0 Å². The predicted molar refractivity (Wildman–Crippen MR) is 191 cm³/mol. The van der Waals surface area contributed by atoms with Crippen molar-refractivity contribution in [3.8, 4) is 0 Å². The second kappa shape index (κ2) is 13.8. The standard InChI is InChI=1S/C41H46F5N3O3/c1-38-25-34(36-32-18-16-31(50)24-28(32)11-17-33(36)35(38)19-20-39(38,52)40(42,43)41(44,45)46)27-9-7-26(8-10-27)6-5-21-47-37(51)48-29-12-14-30(15-13-29)49-22-3-2-4-23-49/h5-10,12-15,24,33-35,52H,2-4,11,16-23,25H2,1H3,(H2,47,48,51)/b6-5+/t33-,34+,35-,38-,39-/m0/s1. The summed E-state index contributed by atoms with van der Waals surface area (Å²) in [5, 5.41) is 17.1. The van der Waals surface area contributed by atoms with E-state index in [4.69, 9.17) is 0 Å². The molecular weight excluding hydrogens is 677 g/mol. The number of carbonyl (C=O) groups excluding carboxylic acids is 2. The Kier molecular flexibility index (Phi) is 9.63. The number of halogens is 5. The number of urea groups is 1. The van der Waals surface area contributed by atoms with Gasteiger partial charge in [0.15, 0.2) is 5.78 Å². The van der Waals surface area contributed by atoms with Crippen molar-refractivity contribution in [1.82, 2.24) is 5.32 Å². The number of benzene rings is 2. The Morgan fingerprint density at radius 3 is 2.37 bits per heavy atom. The number of allylic oxidation sites excluding steroid dienone is 4. The van der Waals surface area contributed by atoms with Gasteiger partial charge >= 0.3 is 18.1 Å². The number of carbonyl (C=O) groups is 2. The van der Waals surface area contributed by atoms with Gasteiger partial charge in [-0.15, -0.1) is 0 Å². The fourth-order valence-corrected chi connectivity index (χ4v) is 9.98. The van der Waals surface area contributed by atoms with E-state index in [0.717, 1.165) is 46.6 Å². The fourth-order valence-electron chi connectivity index (χ4n) is 9.98. The minimum Gasteiger partial charge on any atom is -0.383 e. The lowest BCUT2D eigenvalue weighted by Gasteiger charge is -2.56. The summed E-state index contributed by atoms with van der Waals surface area (Å²) < 4.78 is 72.1. The first-order valence-electron chi connectivity index (χ1n) is 18.5. The number of ketones is 1. The highest BCUT2D eigenvalue weighted by molar-refractivity contribution is 5.93. The zero-order chi connectivity index (χ0) is 36.9. The van der Waals surface area contributed by atoms with Crippen molar-refractivity contribution >= 4 is 29.3 Å². The average Bonchev–Trinajstić information content (AvgIpc) is 3.41. The molecule has 4 aliphatic carbocycles. The maximum Gasteiger partial charge on any atom is 0.456 e. The molecule has 3 N–H and O–H groups in total. The van der Waals surface area contributed by atoms with Crippen LogP contribution in [0, 0.1) is 17.3 Å². The molecule has 5 atom stereocenters. The van der Waals surface area contributed by atoms with E-state index < -0.39 is 41.4 Å². The molecule has 2 amide bonds. The normalized spacial score (nSPS) is 29.4. The second-order valence-corrected chi connectivity index (χ2v) is 15.5. The molecule has 3 fully saturated rings. The van der Waals surface area contributed by atoms with Gasteiger partial charge in [-0.05, 0) is 122 Å². The topological polar surface area (TPSA) is 81.7 Å². The Morgan fingerprint density at radius 2 is 1.67 bits per heavy atom. The number of amides is 2. The second-order valence-electron chi connectivity index (χ2n) is 15.5. The number of anilines is 2. The van der Waals surface area contributed by atoms with Crippen molar-refractivity contribution in [3.63, 3.8) is 0 Å². The van der Waals surface area contributed by atoms with Crippen molar-refractivity contribution in [1.29, 1.82) is 0 Å². The van der Waals surface area contributed by atoms with Crippen LogP contribution in [0.15, 0.2) is 77.4 Å². The van der Waals surface area contributed by atoms with E-state index in [1.807, 2.05) is 54.6 Å². The average molecular weight is 724 g/mol. The summed E-state index contributed by atoms with van der Waals surface area (Å²) in [7, 11) is 0. The number of alkyl halides is 5. The van der Waals surface area contributed by atoms with Crippen molar-refractivity contribution in [2.24, 2.45) is 17.3 Å². The number of rotatable bonds is 7. The third-order valence-electron chi connectivity index (χ3n) is 12.6. The molecule has 0 aromatic heterocycles. The number of hydrogen-bond donors (Lipinski definition) is 3. The number of nitrogens with zero attached hydrogens (tertiary/aromatic N) is 1. The van der Waals surface area contributed by atoms with Gasteiger partial charge < -0.3 is 20.6 Å². The van der Waals surface area contributed by atoms with Gasteiger partial charge in [-0.1, -0.05) is 48.9 Å². The SMILES string of the molecule is C[C@]12C[C@H](c3ccc(/C=C/CNC(=O)Nc4ccc(N5CCCCC5)cc4)cc3)C3=C4CCC(=O)C=C4CC[C@H]3[C@@H]1CC[C@@]2(O)C(F)(F)C(F)(F)F. The van der Waals surface area contributed by atoms with Gasteiger partial charge in [-0.3, -0.25) is 4.79 Å². The molecule has 52 heavy (non-hydrogen) atoms. The Bertz CT molecular complexity index is 1780. The zero-order valence-electron chi connectivity index (χ0n) is 29.4. The highest BCUT2D eigenvalue weighted by atomic mass is 19.4. The molecule has 278 valence electrons. The van der Waals surface area contributed by atoms with Gasteiger partial charge in [0.1, 0.15) is 5.60 Å². The van der Waals surface area contributed by atoms with Crippen LogP contribution in [0.3, 0.4) is 0 Å². The Morgan fingerprint density at radius 1 is 0.962 bits per heavy atom. The lowest BCUT2D eigenvalue weighted by molar-refractivity contribution is -0.362. The highest BCUT2D eigenvalue weighted by Gasteiger charge is 2.79. The summed E-state index contributed by atoms with van der Waals surface area (Å²) in [5.41, 5.74) is 1.50. The first kappa shape index (κ1) is 36.4. The molecule has 1 aliphatic heterocycles. The maximum absolute atomic E-state index is 15.3. The van der Waals surface area contributed by atoms with E-state index in [1.165, 1.54) is 26.2 Å². The molecule has 0 spiro atoms. The Labute approximate surface area is 301 Å². The molecule has 7 rings (SSSR count). The monoisotopic (exact) mass is 723 g/mol. The van der Waals surface area contributed by atoms with Gasteiger partial charge in [-0.25, -0.2) is 4.79 Å². The number of nitrogens with one attached hydrogen (secondary N) is 2. The van der Waals surface area contributed by atoms with Crippen LogP contribution in [0.25, 0.3) is 6.08 Å². The Balaban J connectivity index is 1.07. The predicted octanol–water partition coefficient (Wildman–Crippen LogP) is 9.34.